The molecule has 7 heteroatoms. The van der Waals surface area contributed by atoms with Crippen LogP contribution in [0.5, 0.6) is 0 Å². The summed E-state index contributed by atoms with van der Waals surface area (Å²) in [6.07, 6.45) is 2.51. The van der Waals surface area contributed by atoms with Crippen LogP contribution in [0.25, 0.3) is 0 Å². The Morgan fingerprint density at radius 1 is 1.42 bits per heavy atom. The first-order chi connectivity index (χ1) is 8.82. The van der Waals surface area contributed by atoms with Crippen molar-refractivity contribution in [3.05, 3.63) is 12.7 Å². The van der Waals surface area contributed by atoms with Crippen molar-refractivity contribution < 1.29 is 18.0 Å². The Kier molecular flexibility index (Phi) is 3.14. The molecular formula is C12H14N2O4S. The van der Waals surface area contributed by atoms with Crippen molar-refractivity contribution in [1.82, 2.24) is 10.0 Å². The van der Waals surface area contributed by atoms with Crippen LogP contribution in [0, 0.1) is 17.8 Å². The van der Waals surface area contributed by atoms with Crippen molar-refractivity contribution in [2.75, 3.05) is 0 Å². The van der Waals surface area contributed by atoms with Gasteiger partial charge in [0.05, 0.1) is 11.2 Å². The lowest BCUT2D eigenvalue weighted by molar-refractivity contribution is -0.130. The molecule has 0 spiro atoms. The first-order valence-electron chi connectivity index (χ1n) is 5.82. The van der Waals surface area contributed by atoms with Gasteiger partial charge in [0.1, 0.15) is 0 Å². The Bertz CT molecular complexity index is 609. The van der Waals surface area contributed by atoms with Gasteiger partial charge in [-0.05, 0) is 12.8 Å². The van der Waals surface area contributed by atoms with Crippen LogP contribution in [-0.4, -0.2) is 31.0 Å². The maximum atomic E-state index is 12.1. The quantitative estimate of drug-likeness (QED) is 0.514. The van der Waals surface area contributed by atoms with E-state index in [9.17, 15) is 18.0 Å². The van der Waals surface area contributed by atoms with Crippen molar-refractivity contribution in [2.45, 2.75) is 30.6 Å². The fourth-order valence-electron chi connectivity index (χ4n) is 1.85. The van der Waals surface area contributed by atoms with Crippen LogP contribution < -0.4 is 10.0 Å². The van der Waals surface area contributed by atoms with Crippen molar-refractivity contribution in [3.63, 3.8) is 0 Å². The zero-order chi connectivity index (χ0) is 14.3. The number of rotatable bonds is 5. The molecule has 1 saturated carbocycles. The molecule has 1 fully saturated rings. The van der Waals surface area contributed by atoms with Gasteiger partial charge >= 0.3 is 0 Å². The topological polar surface area (TPSA) is 92.3 Å². The van der Waals surface area contributed by atoms with Crippen LogP contribution in [0.2, 0.25) is 0 Å². The van der Waals surface area contributed by atoms with E-state index < -0.39 is 38.5 Å². The van der Waals surface area contributed by atoms with Crippen LogP contribution in [0.4, 0.5) is 0 Å². The number of nitrogens with one attached hydrogen (secondary N) is 2. The van der Waals surface area contributed by atoms with E-state index in [4.69, 9.17) is 0 Å². The van der Waals surface area contributed by atoms with Gasteiger partial charge in [-0.1, -0.05) is 17.9 Å². The standard InChI is InChI=1S/C12H14N2O4S/c1-3-9-6-7-12(9,13-8(2)15)11(16)14-19(17,18)10-4-5-10/h3,9-10H,1,4-5H2,2H3,(H,13,15)(H,14,16). The Morgan fingerprint density at radius 2 is 2.05 bits per heavy atom. The average Bonchev–Trinajstić information content (AvgIpc) is 3.07. The summed E-state index contributed by atoms with van der Waals surface area (Å²) in [5.41, 5.74) is -1.52. The van der Waals surface area contributed by atoms with Crippen LogP contribution in [0.3, 0.4) is 0 Å². The number of hydrogen-bond acceptors (Lipinski definition) is 4. The van der Waals surface area contributed by atoms with Crippen LogP contribution in [0.15, 0.2) is 12.7 Å². The normalized spacial score (nSPS) is 28.4. The second-order valence-corrected chi connectivity index (χ2v) is 6.61. The van der Waals surface area contributed by atoms with Gasteiger partial charge in [0, 0.05) is 6.92 Å². The second kappa shape index (κ2) is 4.38. The number of hydrogen-bond donors (Lipinski definition) is 2. The molecule has 0 aromatic heterocycles. The molecule has 2 rings (SSSR count). The summed E-state index contributed by atoms with van der Waals surface area (Å²) in [6, 6.07) is 0. The lowest BCUT2D eigenvalue weighted by atomic mass is 9.76. The molecule has 0 radical (unpaired) electrons. The van der Waals surface area contributed by atoms with E-state index in [1.807, 2.05) is 4.72 Å². The molecule has 2 atom stereocenters. The zero-order valence-electron chi connectivity index (χ0n) is 10.4. The van der Waals surface area contributed by atoms with Gasteiger partial charge in [-0.25, -0.2) is 13.1 Å². The first-order valence-corrected chi connectivity index (χ1v) is 7.36. The van der Waals surface area contributed by atoms with Gasteiger partial charge in [-0.15, -0.1) is 6.58 Å². The summed E-state index contributed by atoms with van der Waals surface area (Å²) in [4.78, 5) is 23.3. The third kappa shape index (κ3) is 2.36. The molecule has 0 aliphatic heterocycles. The van der Waals surface area contributed by atoms with Gasteiger partial charge in [0.25, 0.3) is 5.91 Å². The summed E-state index contributed by atoms with van der Waals surface area (Å²) < 4.78 is 25.5. The minimum Gasteiger partial charge on any atom is -0.331 e. The van der Waals surface area contributed by atoms with Crippen molar-refractivity contribution in [3.8, 4) is 11.8 Å². The summed E-state index contributed by atoms with van der Waals surface area (Å²) in [5.74, 6) is 3.34. The van der Waals surface area contributed by atoms with Crippen LogP contribution in [0.1, 0.15) is 19.8 Å². The fourth-order valence-corrected chi connectivity index (χ4v) is 3.19. The maximum absolute atomic E-state index is 12.1. The Hall–Kier alpha value is -1.81. The van der Waals surface area contributed by atoms with Crippen molar-refractivity contribution in [2.24, 2.45) is 5.92 Å². The molecular weight excluding hydrogens is 268 g/mol. The van der Waals surface area contributed by atoms with Crippen LogP contribution >= 0.6 is 0 Å². The van der Waals surface area contributed by atoms with Gasteiger partial charge in [-0.3, -0.25) is 9.59 Å². The molecule has 2 aliphatic rings. The first kappa shape index (κ1) is 13.6. The van der Waals surface area contributed by atoms with E-state index in [-0.39, 0.29) is 0 Å². The lowest BCUT2D eigenvalue weighted by Gasteiger charge is -2.36. The number of amides is 2. The van der Waals surface area contributed by atoms with E-state index >= 15 is 0 Å². The van der Waals surface area contributed by atoms with E-state index in [1.165, 1.54) is 13.0 Å². The van der Waals surface area contributed by atoms with E-state index in [2.05, 4.69) is 23.7 Å². The van der Waals surface area contributed by atoms with Gasteiger partial charge in [0.15, 0.2) is 5.54 Å². The smallest absolute Gasteiger partial charge is 0.273 e. The second-order valence-electron chi connectivity index (χ2n) is 4.65. The Labute approximate surface area is 111 Å². The highest BCUT2D eigenvalue weighted by molar-refractivity contribution is 7.90. The molecule has 2 aliphatic carbocycles. The third-order valence-electron chi connectivity index (χ3n) is 3.06. The highest BCUT2D eigenvalue weighted by Crippen LogP contribution is 2.30. The van der Waals surface area contributed by atoms with Gasteiger partial charge in [0.2, 0.25) is 15.9 Å². The molecule has 19 heavy (non-hydrogen) atoms. The molecule has 6 nitrogen and oxygen atoms in total. The highest BCUT2D eigenvalue weighted by atomic mass is 32.2. The minimum atomic E-state index is -3.67. The largest absolute Gasteiger partial charge is 0.331 e. The summed E-state index contributed by atoms with van der Waals surface area (Å²) in [6.45, 7) is 4.77. The number of sulfonamides is 1. The molecule has 2 amide bonds. The summed E-state index contributed by atoms with van der Waals surface area (Å²) in [7, 11) is -3.67. The maximum Gasteiger partial charge on any atom is 0.273 e. The van der Waals surface area contributed by atoms with Crippen molar-refractivity contribution >= 4 is 21.8 Å². The minimum absolute atomic E-state index is 0.459. The van der Waals surface area contributed by atoms with Gasteiger partial charge < -0.3 is 5.32 Å². The average molecular weight is 282 g/mol. The Morgan fingerprint density at radius 3 is 2.42 bits per heavy atom. The molecule has 2 N–H and O–H groups in total. The fraction of sp³-hybridized carbons (Fsp3) is 0.500. The van der Waals surface area contributed by atoms with Gasteiger partial charge in [-0.2, -0.15) is 0 Å². The predicted octanol–water partition coefficient (Wildman–Crippen LogP) is -0.711. The summed E-state index contributed by atoms with van der Waals surface area (Å²) in [5, 5.41) is 1.90. The molecule has 102 valence electrons. The number of carbonyl (C=O) groups excluding carboxylic acids is 2. The van der Waals surface area contributed by atoms with Crippen LogP contribution in [-0.2, 0) is 19.6 Å². The van der Waals surface area contributed by atoms with E-state index in [1.54, 1.807) is 0 Å². The van der Waals surface area contributed by atoms with E-state index in [0.717, 1.165) is 0 Å². The SMILES string of the molecule is C=CC1C#CC1(NC(C)=O)C(=O)NS(=O)(=O)C1CC1. The zero-order valence-corrected chi connectivity index (χ0v) is 11.2. The van der Waals surface area contributed by atoms with E-state index in [0.29, 0.717) is 12.8 Å². The monoisotopic (exact) mass is 282 g/mol. The molecule has 0 saturated heterocycles. The molecule has 2 unspecified atom stereocenters. The summed E-state index contributed by atoms with van der Waals surface area (Å²) >= 11 is 0. The molecule has 0 aromatic rings. The highest BCUT2D eigenvalue weighted by Gasteiger charge is 2.50. The lowest BCUT2D eigenvalue weighted by Crippen LogP contribution is -2.65. The predicted molar refractivity (Wildman–Crippen MR) is 68.1 cm³/mol. The Balaban J connectivity index is 2.21. The third-order valence-corrected chi connectivity index (χ3v) is 4.88. The van der Waals surface area contributed by atoms with Crippen molar-refractivity contribution in [1.29, 1.82) is 0 Å². The number of carbonyl (C=O) groups is 2. The molecule has 0 aromatic carbocycles. The molecule has 0 bridgehead atoms. The molecule has 0 heterocycles.